The monoisotopic (exact) mass is 374 g/mol. The van der Waals surface area contributed by atoms with Crippen molar-refractivity contribution in [2.45, 2.75) is 0 Å². The molecule has 142 valence electrons. The van der Waals surface area contributed by atoms with Crippen LogP contribution >= 0.6 is 0 Å². The molecule has 0 fully saturated rings. The number of methoxy groups -OCH3 is 1. The zero-order valence-corrected chi connectivity index (χ0v) is 16.1. The normalized spacial score (nSPS) is 12.7. The van der Waals surface area contributed by atoms with Crippen molar-refractivity contribution in [2.75, 3.05) is 7.11 Å². The van der Waals surface area contributed by atoms with Crippen LogP contribution in [0.25, 0.3) is 18.2 Å². The number of allylic oxidation sites excluding steroid dienone is 1. The summed E-state index contributed by atoms with van der Waals surface area (Å²) in [7, 11) is 4.81. The largest absolute Gasteiger partial charge is 0.497 e. The molecule has 1 aromatic heterocycles. The van der Waals surface area contributed by atoms with Crippen molar-refractivity contribution in [1.82, 2.24) is 9.13 Å². The fourth-order valence-electron chi connectivity index (χ4n) is 2.86. The Hall–Kier alpha value is -3.60. The van der Waals surface area contributed by atoms with Crippen molar-refractivity contribution >= 4 is 18.2 Å². The molecule has 0 N–H and O–H groups in total. The van der Waals surface area contributed by atoms with Gasteiger partial charge < -0.3 is 13.9 Å². The molecule has 0 saturated heterocycles. The molecule has 2 aromatic carbocycles. The van der Waals surface area contributed by atoms with Gasteiger partial charge in [-0.15, -0.1) is 0 Å². The molecule has 3 rings (SSSR count). The second kappa shape index (κ2) is 8.39. The van der Waals surface area contributed by atoms with Gasteiger partial charge in [0.25, 0.3) is 11.1 Å². The maximum atomic E-state index is 12.8. The molecule has 0 amide bonds. The van der Waals surface area contributed by atoms with Gasteiger partial charge in [-0.25, -0.2) is 0 Å². The van der Waals surface area contributed by atoms with E-state index in [0.29, 0.717) is 10.7 Å². The summed E-state index contributed by atoms with van der Waals surface area (Å²) < 4.78 is 7.91. The summed E-state index contributed by atoms with van der Waals surface area (Å²) in [6.07, 6.45) is 7.03. The molecule has 28 heavy (non-hydrogen) atoms. The highest BCUT2D eigenvalue weighted by Crippen LogP contribution is 2.11. The number of ether oxygens (including phenoxy) is 1. The number of hydrogen-bond donors (Lipinski definition) is 0. The minimum Gasteiger partial charge on any atom is -0.497 e. The summed E-state index contributed by atoms with van der Waals surface area (Å²) in [5.74, 6) is 0.731. The lowest BCUT2D eigenvalue weighted by Gasteiger charge is -2.05. The molecule has 5 nitrogen and oxygen atoms in total. The second-order valence-electron chi connectivity index (χ2n) is 6.35. The Kier molecular flexibility index (Phi) is 5.75. The first-order chi connectivity index (χ1) is 13.5. The molecule has 0 unspecified atom stereocenters. The van der Waals surface area contributed by atoms with Crippen LogP contribution in [-0.4, -0.2) is 16.2 Å². The van der Waals surface area contributed by atoms with Crippen molar-refractivity contribution in [1.29, 1.82) is 0 Å². The molecule has 5 heteroatoms. The smallest absolute Gasteiger partial charge is 0.274 e. The second-order valence-corrected chi connectivity index (χ2v) is 6.35. The topological polar surface area (TPSA) is 53.2 Å². The number of hydrogen-bond acceptors (Lipinski definition) is 3. The van der Waals surface area contributed by atoms with E-state index in [1.54, 1.807) is 39.4 Å². The first kappa shape index (κ1) is 19.2. The Labute approximate surface area is 162 Å². The van der Waals surface area contributed by atoms with Crippen LogP contribution in [0.15, 0.2) is 70.3 Å². The van der Waals surface area contributed by atoms with E-state index in [1.165, 1.54) is 9.13 Å². The Morgan fingerprint density at radius 3 is 2.04 bits per heavy atom. The van der Waals surface area contributed by atoms with Gasteiger partial charge in [-0.05, 0) is 35.4 Å². The summed E-state index contributed by atoms with van der Waals surface area (Å²) in [5, 5.41) is 0.647. The predicted octanol–water partition coefficient (Wildman–Crippen LogP) is 1.42. The van der Waals surface area contributed by atoms with Crippen LogP contribution in [0.4, 0.5) is 0 Å². The van der Waals surface area contributed by atoms with E-state index in [2.05, 4.69) is 0 Å². The fourth-order valence-corrected chi connectivity index (χ4v) is 2.86. The first-order valence-electron chi connectivity index (χ1n) is 8.86. The van der Waals surface area contributed by atoms with Gasteiger partial charge in [0.15, 0.2) is 0 Å². The number of rotatable bonds is 4. The number of nitrogens with zero attached hydrogens (tertiary/aromatic N) is 2. The van der Waals surface area contributed by atoms with Crippen molar-refractivity contribution < 1.29 is 4.74 Å². The van der Waals surface area contributed by atoms with Crippen LogP contribution in [0, 0.1) is 0 Å². The maximum Gasteiger partial charge on any atom is 0.274 e. The molecule has 0 aliphatic rings. The van der Waals surface area contributed by atoms with Crippen LogP contribution in [0.3, 0.4) is 0 Å². The molecule has 0 bridgehead atoms. The molecular weight excluding hydrogens is 352 g/mol. The van der Waals surface area contributed by atoms with Gasteiger partial charge in [0.1, 0.15) is 16.4 Å². The highest BCUT2D eigenvalue weighted by atomic mass is 16.5. The van der Waals surface area contributed by atoms with Gasteiger partial charge in [-0.2, -0.15) is 0 Å². The Morgan fingerprint density at radius 2 is 1.39 bits per heavy atom. The maximum absolute atomic E-state index is 12.8. The van der Waals surface area contributed by atoms with Crippen molar-refractivity contribution in [3.8, 4) is 5.75 Å². The Morgan fingerprint density at radius 1 is 0.786 bits per heavy atom. The summed E-state index contributed by atoms with van der Waals surface area (Å²) in [6, 6.07) is 17.1. The highest BCUT2D eigenvalue weighted by Gasteiger charge is 2.05. The third-order valence-electron chi connectivity index (χ3n) is 4.53. The van der Waals surface area contributed by atoms with Crippen LogP contribution in [-0.2, 0) is 14.1 Å². The zero-order valence-electron chi connectivity index (χ0n) is 16.1. The zero-order chi connectivity index (χ0) is 20.1. The average molecular weight is 374 g/mol. The van der Waals surface area contributed by atoms with Gasteiger partial charge in [0.2, 0.25) is 0 Å². The molecule has 0 atom stereocenters. The first-order valence-corrected chi connectivity index (χ1v) is 8.86. The summed E-state index contributed by atoms with van der Waals surface area (Å²) >= 11 is 0. The van der Waals surface area contributed by atoms with Gasteiger partial charge >= 0.3 is 0 Å². The SMILES string of the molecule is COc1ccc(/C=c2/c(=O)n(C)/c(=C\C=Cc3ccccc3)c(=O)n2C)cc1. The molecule has 3 aromatic rings. The predicted molar refractivity (Wildman–Crippen MR) is 113 cm³/mol. The number of benzene rings is 2. The average Bonchev–Trinajstić information content (AvgIpc) is 2.73. The minimum atomic E-state index is -0.239. The lowest BCUT2D eigenvalue weighted by Crippen LogP contribution is -2.56. The molecule has 1 heterocycles. The Bertz CT molecular complexity index is 1230. The van der Waals surface area contributed by atoms with Crippen molar-refractivity contribution in [3.05, 3.63) is 103 Å². The minimum absolute atomic E-state index is 0.237. The van der Waals surface area contributed by atoms with Crippen LogP contribution in [0.5, 0.6) is 5.75 Å². The van der Waals surface area contributed by atoms with Gasteiger partial charge in [0, 0.05) is 14.1 Å². The summed E-state index contributed by atoms with van der Waals surface area (Å²) in [5.41, 5.74) is 1.36. The highest BCUT2D eigenvalue weighted by molar-refractivity contribution is 5.57. The number of aromatic nitrogens is 2. The Balaban J connectivity index is 2.10. The lowest BCUT2D eigenvalue weighted by atomic mass is 10.2. The van der Waals surface area contributed by atoms with E-state index in [1.807, 2.05) is 60.7 Å². The van der Waals surface area contributed by atoms with E-state index in [-0.39, 0.29) is 11.1 Å². The van der Waals surface area contributed by atoms with Gasteiger partial charge in [-0.1, -0.05) is 54.6 Å². The van der Waals surface area contributed by atoms with Gasteiger partial charge in [0.05, 0.1) is 7.11 Å². The molecule has 0 aliphatic heterocycles. The quantitative estimate of drug-likeness (QED) is 0.694. The van der Waals surface area contributed by atoms with Gasteiger partial charge in [-0.3, -0.25) is 9.59 Å². The van der Waals surface area contributed by atoms with E-state index < -0.39 is 0 Å². The molecule has 0 radical (unpaired) electrons. The van der Waals surface area contributed by atoms with Crippen molar-refractivity contribution in [3.63, 3.8) is 0 Å². The summed E-state index contributed by atoms with van der Waals surface area (Å²) in [4.78, 5) is 25.6. The lowest BCUT2D eigenvalue weighted by molar-refractivity contribution is 0.415. The summed E-state index contributed by atoms with van der Waals surface area (Å²) in [6.45, 7) is 0. The molecular formula is C23H22N2O3. The van der Waals surface area contributed by atoms with Crippen molar-refractivity contribution in [2.24, 2.45) is 14.1 Å². The molecule has 0 spiro atoms. The third kappa shape index (κ3) is 4.04. The van der Waals surface area contributed by atoms with Crippen LogP contribution in [0.2, 0.25) is 0 Å². The van der Waals surface area contributed by atoms with E-state index in [0.717, 1.165) is 16.9 Å². The van der Waals surface area contributed by atoms with E-state index in [9.17, 15) is 9.59 Å². The van der Waals surface area contributed by atoms with Crippen LogP contribution < -0.4 is 26.6 Å². The molecule has 0 aliphatic carbocycles. The third-order valence-corrected chi connectivity index (χ3v) is 4.53. The standard InChI is InChI=1S/C23H22N2O3/c1-24-20(11-7-10-17-8-5-4-6-9-17)22(26)25(2)21(23(24)27)16-18-12-14-19(28-3)15-13-18/h4-16H,1-3H3/b10-7?,20-11-,21-16-. The molecule has 0 saturated carbocycles. The fraction of sp³-hybridized carbons (Fsp3) is 0.130. The van der Waals surface area contributed by atoms with E-state index in [4.69, 9.17) is 4.74 Å². The van der Waals surface area contributed by atoms with Crippen LogP contribution in [0.1, 0.15) is 11.1 Å². The van der Waals surface area contributed by atoms with E-state index >= 15 is 0 Å².